The molecule has 5 nitrogen and oxygen atoms in total. The molecule has 1 rings (SSSR count). The van der Waals surface area contributed by atoms with Crippen molar-refractivity contribution in [3.8, 4) is 0 Å². The highest BCUT2D eigenvalue weighted by Gasteiger charge is 2.38. The van der Waals surface area contributed by atoms with Gasteiger partial charge in [0.25, 0.3) is 0 Å². The van der Waals surface area contributed by atoms with Crippen LogP contribution in [-0.4, -0.2) is 32.4 Å². The largest absolute Gasteiger partial charge is 0.444 e. The van der Waals surface area contributed by atoms with E-state index >= 15 is 0 Å². The molecule has 1 amide bonds. The molecule has 0 saturated heterocycles. The lowest BCUT2D eigenvalue weighted by atomic mass is 9.88. The Balaban J connectivity index is 2.58. The van der Waals surface area contributed by atoms with Gasteiger partial charge in [-0.3, -0.25) is 0 Å². The first-order chi connectivity index (χ1) is 8.52. The summed E-state index contributed by atoms with van der Waals surface area (Å²) in [6, 6.07) is 0. The first kappa shape index (κ1) is 16.6. The van der Waals surface area contributed by atoms with Gasteiger partial charge >= 0.3 is 6.09 Å². The van der Waals surface area contributed by atoms with E-state index in [0.29, 0.717) is 0 Å². The van der Waals surface area contributed by atoms with E-state index in [1.165, 1.54) is 0 Å². The van der Waals surface area contributed by atoms with E-state index in [1.807, 2.05) is 0 Å². The number of hydrogen-bond acceptors (Lipinski definition) is 4. The summed E-state index contributed by atoms with van der Waals surface area (Å²) in [5, 5.41) is 2.66. The second-order valence-corrected chi connectivity index (χ2v) is 9.02. The van der Waals surface area contributed by atoms with Crippen molar-refractivity contribution >= 4 is 25.8 Å². The summed E-state index contributed by atoms with van der Waals surface area (Å²) in [5.74, 6) is -0.0998. The molecule has 0 aromatic heterocycles. The lowest BCUT2D eigenvalue weighted by molar-refractivity contribution is 0.0504. The van der Waals surface area contributed by atoms with Crippen LogP contribution < -0.4 is 5.32 Å². The van der Waals surface area contributed by atoms with Gasteiger partial charge in [-0.1, -0.05) is 12.8 Å². The molecule has 7 heteroatoms. The van der Waals surface area contributed by atoms with Crippen molar-refractivity contribution < 1.29 is 17.9 Å². The molecule has 19 heavy (non-hydrogen) atoms. The zero-order valence-corrected chi connectivity index (χ0v) is 13.2. The van der Waals surface area contributed by atoms with Gasteiger partial charge in [0.2, 0.25) is 9.05 Å². The molecule has 0 bridgehead atoms. The van der Waals surface area contributed by atoms with Gasteiger partial charge in [0, 0.05) is 22.6 Å². The van der Waals surface area contributed by atoms with Crippen LogP contribution in [0.5, 0.6) is 0 Å². The molecule has 1 N–H and O–H groups in total. The third kappa shape index (κ3) is 6.47. The molecule has 0 aliphatic heterocycles. The molecule has 0 radical (unpaired) electrons. The number of rotatable bonds is 4. The fraction of sp³-hybridized carbons (Fsp3) is 0.917. The average Bonchev–Trinajstić information content (AvgIpc) is 2.58. The van der Waals surface area contributed by atoms with Gasteiger partial charge in [0.05, 0.1) is 5.75 Å². The van der Waals surface area contributed by atoms with Crippen molar-refractivity contribution in [2.45, 2.75) is 52.1 Å². The van der Waals surface area contributed by atoms with Gasteiger partial charge in [0.15, 0.2) is 0 Å². The summed E-state index contributed by atoms with van der Waals surface area (Å²) in [6.45, 7) is 5.62. The van der Waals surface area contributed by atoms with E-state index in [4.69, 9.17) is 15.4 Å². The highest BCUT2D eigenvalue weighted by molar-refractivity contribution is 8.13. The van der Waals surface area contributed by atoms with Crippen LogP contribution in [0.15, 0.2) is 0 Å². The van der Waals surface area contributed by atoms with Crippen LogP contribution in [0.4, 0.5) is 4.79 Å². The molecule has 0 atom stereocenters. The van der Waals surface area contributed by atoms with Crippen LogP contribution in [0.25, 0.3) is 0 Å². The summed E-state index contributed by atoms with van der Waals surface area (Å²) < 4.78 is 27.7. The topological polar surface area (TPSA) is 72.5 Å². The molecular formula is C12H22ClNO4S. The lowest BCUT2D eigenvalue weighted by Gasteiger charge is -2.28. The fourth-order valence-corrected chi connectivity index (χ4v) is 4.25. The Morgan fingerprint density at radius 3 is 2.26 bits per heavy atom. The van der Waals surface area contributed by atoms with Gasteiger partial charge < -0.3 is 10.1 Å². The van der Waals surface area contributed by atoms with E-state index < -0.39 is 26.2 Å². The number of amides is 1. The first-order valence-corrected chi connectivity index (χ1v) is 8.88. The zero-order chi connectivity index (χ0) is 14.7. The zero-order valence-electron chi connectivity index (χ0n) is 11.7. The summed E-state index contributed by atoms with van der Waals surface area (Å²) in [4.78, 5) is 11.6. The van der Waals surface area contributed by atoms with Gasteiger partial charge in [-0.2, -0.15) is 0 Å². The van der Waals surface area contributed by atoms with Crippen LogP contribution in [-0.2, 0) is 13.8 Å². The molecule has 1 fully saturated rings. The molecular weight excluding hydrogens is 290 g/mol. The Kier molecular flexibility index (Phi) is 5.12. The minimum Gasteiger partial charge on any atom is -0.444 e. The van der Waals surface area contributed by atoms with Crippen LogP contribution >= 0.6 is 10.7 Å². The second-order valence-electron chi connectivity index (χ2n) is 6.25. The third-order valence-electron chi connectivity index (χ3n) is 3.15. The van der Waals surface area contributed by atoms with Crippen molar-refractivity contribution in [3.05, 3.63) is 0 Å². The normalized spacial score (nSPS) is 19.2. The van der Waals surface area contributed by atoms with Crippen molar-refractivity contribution in [3.63, 3.8) is 0 Å². The van der Waals surface area contributed by atoms with Crippen LogP contribution in [0.1, 0.15) is 46.5 Å². The standard InChI is InChI=1S/C12H22ClNO4S/c1-11(2,3)18-10(15)14-8-12(6-4-5-7-12)9-19(13,16)17/h4-9H2,1-3H3,(H,14,15). The van der Waals surface area contributed by atoms with E-state index in [9.17, 15) is 13.2 Å². The first-order valence-electron chi connectivity index (χ1n) is 6.41. The SMILES string of the molecule is CC(C)(C)OC(=O)NCC1(CS(=O)(=O)Cl)CCCC1. The smallest absolute Gasteiger partial charge is 0.407 e. The van der Waals surface area contributed by atoms with E-state index in [0.717, 1.165) is 25.7 Å². The summed E-state index contributed by atoms with van der Waals surface area (Å²) in [6.07, 6.45) is 2.92. The maximum absolute atomic E-state index is 11.6. The Hall–Kier alpha value is -0.490. The van der Waals surface area contributed by atoms with Crippen LogP contribution in [0, 0.1) is 5.41 Å². The summed E-state index contributed by atoms with van der Waals surface area (Å²) in [7, 11) is 1.78. The molecule has 1 aliphatic rings. The molecule has 1 aliphatic carbocycles. The minimum atomic E-state index is -3.57. The number of ether oxygens (including phenoxy) is 1. The number of alkyl carbamates (subject to hydrolysis) is 1. The molecule has 0 aromatic rings. The number of carbonyl (C=O) groups excluding carboxylic acids is 1. The predicted octanol–water partition coefficient (Wildman–Crippen LogP) is 2.64. The highest BCUT2D eigenvalue weighted by Crippen LogP contribution is 2.39. The maximum Gasteiger partial charge on any atom is 0.407 e. The molecule has 0 unspecified atom stereocenters. The minimum absolute atomic E-state index is 0.0998. The fourth-order valence-electron chi connectivity index (χ4n) is 2.44. The number of halogens is 1. The van der Waals surface area contributed by atoms with Gasteiger partial charge in [-0.05, 0) is 33.6 Å². The average molecular weight is 312 g/mol. The predicted molar refractivity (Wildman–Crippen MR) is 74.8 cm³/mol. The Labute approximate surface area is 119 Å². The Morgan fingerprint density at radius 2 is 1.84 bits per heavy atom. The van der Waals surface area contributed by atoms with Gasteiger partial charge in [-0.25, -0.2) is 13.2 Å². The Bertz CT molecular complexity index is 422. The molecule has 0 aromatic carbocycles. The van der Waals surface area contributed by atoms with Crippen LogP contribution in [0.2, 0.25) is 0 Å². The number of nitrogens with one attached hydrogen (secondary N) is 1. The molecule has 0 spiro atoms. The van der Waals surface area contributed by atoms with Crippen LogP contribution in [0.3, 0.4) is 0 Å². The number of carbonyl (C=O) groups is 1. The third-order valence-corrected chi connectivity index (χ3v) is 4.43. The molecule has 112 valence electrons. The quantitative estimate of drug-likeness (QED) is 0.810. The van der Waals surface area contributed by atoms with Crippen molar-refractivity contribution in [2.24, 2.45) is 5.41 Å². The van der Waals surface area contributed by atoms with Crippen molar-refractivity contribution in [2.75, 3.05) is 12.3 Å². The number of hydrogen-bond donors (Lipinski definition) is 1. The second kappa shape index (κ2) is 5.87. The molecule has 1 saturated carbocycles. The van der Waals surface area contributed by atoms with E-state index in [-0.39, 0.29) is 12.3 Å². The Morgan fingerprint density at radius 1 is 1.32 bits per heavy atom. The highest BCUT2D eigenvalue weighted by atomic mass is 35.7. The molecule has 0 heterocycles. The van der Waals surface area contributed by atoms with Gasteiger partial charge in [-0.15, -0.1) is 0 Å². The monoisotopic (exact) mass is 311 g/mol. The van der Waals surface area contributed by atoms with Gasteiger partial charge in [0.1, 0.15) is 5.60 Å². The van der Waals surface area contributed by atoms with E-state index in [1.54, 1.807) is 20.8 Å². The lowest BCUT2D eigenvalue weighted by Crippen LogP contribution is -2.41. The van der Waals surface area contributed by atoms with Crippen molar-refractivity contribution in [1.29, 1.82) is 0 Å². The van der Waals surface area contributed by atoms with E-state index in [2.05, 4.69) is 5.32 Å². The van der Waals surface area contributed by atoms with Crippen molar-refractivity contribution in [1.82, 2.24) is 5.32 Å². The summed E-state index contributed by atoms with van der Waals surface area (Å²) >= 11 is 0. The maximum atomic E-state index is 11.6. The summed E-state index contributed by atoms with van der Waals surface area (Å²) in [5.41, 5.74) is -1.01.